The number of aliphatic hydroxyl groups excluding tert-OH is 2. The highest BCUT2D eigenvalue weighted by Gasteiger charge is 2.13. The molecule has 0 aliphatic rings. The molecule has 0 fully saturated rings. The van der Waals surface area contributed by atoms with E-state index in [1.807, 2.05) is 0 Å². The summed E-state index contributed by atoms with van der Waals surface area (Å²) in [5.41, 5.74) is -0.204. The second kappa shape index (κ2) is 12.1. The second-order valence-corrected chi connectivity index (χ2v) is 3.69. The van der Waals surface area contributed by atoms with Gasteiger partial charge in [-0.2, -0.15) is 0 Å². The Kier molecular flexibility index (Phi) is 11.8. The third kappa shape index (κ3) is 10.1. The predicted octanol–water partition coefficient (Wildman–Crippen LogP) is 0.701. The monoisotopic (exact) mass is 314 g/mol. The minimum Gasteiger partial charge on any atom is -0.478 e. The molecule has 0 saturated carbocycles. The lowest BCUT2D eigenvalue weighted by Gasteiger charge is -1.98. The first-order chi connectivity index (χ1) is 10.2. The summed E-state index contributed by atoms with van der Waals surface area (Å²) >= 11 is 0. The zero-order valence-electron chi connectivity index (χ0n) is 11.9. The average molecular weight is 314 g/mol. The molecule has 0 bridgehead atoms. The van der Waals surface area contributed by atoms with Crippen molar-refractivity contribution < 1.29 is 39.9 Å². The molecule has 5 N–H and O–H groups in total. The number of carbonyl (C=O) groups is 3. The SMILES string of the molecule is C=C(C)C(=O)O.O=C(O)c1ccccc1C(=O)O.OCCO. The number of carboxylic acids is 3. The number of rotatable bonds is 4. The van der Waals surface area contributed by atoms with Gasteiger partial charge in [0.25, 0.3) is 0 Å². The molecule has 22 heavy (non-hydrogen) atoms. The van der Waals surface area contributed by atoms with Crippen molar-refractivity contribution in [3.63, 3.8) is 0 Å². The lowest BCUT2D eigenvalue weighted by Crippen LogP contribution is -2.06. The van der Waals surface area contributed by atoms with Gasteiger partial charge >= 0.3 is 17.9 Å². The van der Waals surface area contributed by atoms with Crippen molar-refractivity contribution in [1.29, 1.82) is 0 Å². The number of hydrogen-bond acceptors (Lipinski definition) is 5. The summed E-state index contributed by atoms with van der Waals surface area (Å²) in [6.07, 6.45) is 0. The summed E-state index contributed by atoms with van der Waals surface area (Å²) in [6.45, 7) is 4.35. The molecule has 8 nitrogen and oxygen atoms in total. The van der Waals surface area contributed by atoms with Crippen molar-refractivity contribution in [2.24, 2.45) is 0 Å². The zero-order chi connectivity index (χ0) is 17.7. The molecule has 0 aliphatic carbocycles. The predicted molar refractivity (Wildman–Crippen MR) is 77.0 cm³/mol. The maximum absolute atomic E-state index is 10.5. The highest BCUT2D eigenvalue weighted by molar-refractivity contribution is 6.01. The van der Waals surface area contributed by atoms with Gasteiger partial charge in [-0.05, 0) is 19.1 Å². The van der Waals surface area contributed by atoms with E-state index < -0.39 is 17.9 Å². The number of aliphatic carboxylic acids is 1. The van der Waals surface area contributed by atoms with Crippen LogP contribution in [0.5, 0.6) is 0 Å². The Morgan fingerprint density at radius 1 is 0.909 bits per heavy atom. The molecule has 0 amide bonds. The molecular formula is C14H18O8. The summed E-state index contributed by atoms with van der Waals surface area (Å²) < 4.78 is 0. The van der Waals surface area contributed by atoms with Crippen LogP contribution in [0.2, 0.25) is 0 Å². The van der Waals surface area contributed by atoms with Crippen LogP contribution in [0.3, 0.4) is 0 Å². The van der Waals surface area contributed by atoms with Crippen molar-refractivity contribution in [3.8, 4) is 0 Å². The molecule has 0 unspecified atom stereocenters. The van der Waals surface area contributed by atoms with Gasteiger partial charge in [-0.25, -0.2) is 14.4 Å². The van der Waals surface area contributed by atoms with Gasteiger partial charge in [0.05, 0.1) is 24.3 Å². The van der Waals surface area contributed by atoms with Crippen LogP contribution in [-0.4, -0.2) is 56.7 Å². The molecule has 0 radical (unpaired) electrons. The van der Waals surface area contributed by atoms with E-state index in [2.05, 4.69) is 6.58 Å². The number of benzene rings is 1. The maximum atomic E-state index is 10.5. The lowest BCUT2D eigenvalue weighted by atomic mass is 10.1. The first kappa shape index (κ1) is 21.6. The van der Waals surface area contributed by atoms with Gasteiger partial charge in [0, 0.05) is 5.57 Å². The fraction of sp³-hybridized carbons (Fsp3) is 0.214. The van der Waals surface area contributed by atoms with Crippen LogP contribution >= 0.6 is 0 Å². The lowest BCUT2D eigenvalue weighted by molar-refractivity contribution is -0.132. The number of carboxylic acid groups (broad SMARTS) is 3. The molecule has 0 atom stereocenters. The van der Waals surface area contributed by atoms with Crippen LogP contribution in [0.15, 0.2) is 36.4 Å². The molecule has 0 spiro atoms. The van der Waals surface area contributed by atoms with Gasteiger partial charge in [-0.3, -0.25) is 0 Å². The van der Waals surface area contributed by atoms with Gasteiger partial charge < -0.3 is 25.5 Å². The van der Waals surface area contributed by atoms with Gasteiger partial charge in [-0.1, -0.05) is 18.7 Å². The molecular weight excluding hydrogens is 296 g/mol. The van der Waals surface area contributed by atoms with Crippen LogP contribution in [0, 0.1) is 0 Å². The van der Waals surface area contributed by atoms with Gasteiger partial charge in [0.2, 0.25) is 0 Å². The van der Waals surface area contributed by atoms with E-state index in [1.54, 1.807) is 0 Å². The fourth-order valence-electron chi connectivity index (χ4n) is 0.856. The van der Waals surface area contributed by atoms with E-state index in [0.717, 1.165) is 0 Å². The van der Waals surface area contributed by atoms with E-state index >= 15 is 0 Å². The Labute approximate surface area is 126 Å². The quantitative estimate of drug-likeness (QED) is 0.509. The van der Waals surface area contributed by atoms with E-state index in [-0.39, 0.29) is 29.9 Å². The highest BCUT2D eigenvalue weighted by atomic mass is 16.4. The Balaban J connectivity index is 0. The van der Waals surface area contributed by atoms with Crippen LogP contribution in [-0.2, 0) is 4.79 Å². The first-order valence-corrected chi connectivity index (χ1v) is 5.85. The third-order valence-corrected chi connectivity index (χ3v) is 1.85. The molecule has 8 heteroatoms. The van der Waals surface area contributed by atoms with E-state index in [9.17, 15) is 14.4 Å². The van der Waals surface area contributed by atoms with Gasteiger partial charge in [-0.15, -0.1) is 0 Å². The van der Waals surface area contributed by atoms with Crippen molar-refractivity contribution in [2.45, 2.75) is 6.92 Å². The van der Waals surface area contributed by atoms with Crippen LogP contribution in [0.4, 0.5) is 0 Å². The van der Waals surface area contributed by atoms with Crippen LogP contribution in [0.1, 0.15) is 27.6 Å². The van der Waals surface area contributed by atoms with Crippen molar-refractivity contribution >= 4 is 17.9 Å². The minimum atomic E-state index is -1.23. The Bertz CT molecular complexity index is 474. The number of hydrogen-bond donors (Lipinski definition) is 5. The Morgan fingerprint density at radius 3 is 1.32 bits per heavy atom. The molecule has 0 aliphatic heterocycles. The number of aromatic carboxylic acids is 2. The number of aliphatic hydroxyl groups is 2. The first-order valence-electron chi connectivity index (χ1n) is 5.85. The average Bonchev–Trinajstić information content (AvgIpc) is 2.47. The van der Waals surface area contributed by atoms with Crippen molar-refractivity contribution in [3.05, 3.63) is 47.5 Å². The molecule has 0 saturated heterocycles. The Morgan fingerprint density at radius 2 is 1.18 bits per heavy atom. The van der Waals surface area contributed by atoms with Crippen molar-refractivity contribution in [1.82, 2.24) is 0 Å². The molecule has 1 rings (SSSR count). The molecule has 1 aromatic rings. The molecule has 1 aromatic carbocycles. The largest absolute Gasteiger partial charge is 0.478 e. The standard InChI is InChI=1S/C8H6O4.C4H6O2.C2H6O2/c9-7(10)5-3-1-2-4-6(5)8(11)12;1-3(2)4(5)6;3-1-2-4/h1-4H,(H,9,10)(H,11,12);1H2,2H3,(H,5,6);3-4H,1-2H2. The normalized spacial score (nSPS) is 8.50. The summed E-state index contributed by atoms with van der Waals surface area (Å²) in [7, 11) is 0. The third-order valence-electron chi connectivity index (χ3n) is 1.85. The smallest absolute Gasteiger partial charge is 0.336 e. The summed E-state index contributed by atoms with van der Waals surface area (Å²) in [6, 6.07) is 5.48. The topological polar surface area (TPSA) is 152 Å². The molecule has 0 aromatic heterocycles. The van der Waals surface area contributed by atoms with Crippen LogP contribution in [0.25, 0.3) is 0 Å². The van der Waals surface area contributed by atoms with E-state index in [4.69, 9.17) is 25.5 Å². The fourth-order valence-corrected chi connectivity index (χ4v) is 0.856. The van der Waals surface area contributed by atoms with Gasteiger partial charge in [0.1, 0.15) is 0 Å². The zero-order valence-corrected chi connectivity index (χ0v) is 11.9. The summed E-state index contributed by atoms with van der Waals surface area (Å²) in [5, 5.41) is 40.2. The van der Waals surface area contributed by atoms with E-state index in [1.165, 1.54) is 31.2 Å². The molecule has 0 heterocycles. The maximum Gasteiger partial charge on any atom is 0.336 e. The second-order valence-electron chi connectivity index (χ2n) is 3.69. The van der Waals surface area contributed by atoms with Crippen molar-refractivity contribution in [2.75, 3.05) is 13.2 Å². The highest BCUT2D eigenvalue weighted by Crippen LogP contribution is 2.07. The van der Waals surface area contributed by atoms with Crippen LogP contribution < -0.4 is 0 Å². The summed E-state index contributed by atoms with van der Waals surface area (Å²) in [5.74, 6) is -3.39. The summed E-state index contributed by atoms with van der Waals surface area (Å²) in [4.78, 5) is 30.5. The minimum absolute atomic E-state index is 0.125. The van der Waals surface area contributed by atoms with Gasteiger partial charge in [0.15, 0.2) is 0 Å². The van der Waals surface area contributed by atoms with E-state index in [0.29, 0.717) is 0 Å². The molecule has 122 valence electrons. The Hall–Kier alpha value is -2.71.